The summed E-state index contributed by atoms with van der Waals surface area (Å²) in [6, 6.07) is 9.63. The average molecular weight is 559 g/mol. The number of allylic oxidation sites excluding steroid dienone is 1. The van der Waals surface area contributed by atoms with E-state index in [1.165, 1.54) is 29.1 Å². The van der Waals surface area contributed by atoms with Gasteiger partial charge in [0.15, 0.2) is 16.3 Å². The van der Waals surface area contributed by atoms with E-state index in [9.17, 15) is 14.7 Å². The van der Waals surface area contributed by atoms with Crippen LogP contribution in [-0.2, 0) is 9.53 Å². The second-order valence-electron chi connectivity index (χ2n) is 7.62. The van der Waals surface area contributed by atoms with Gasteiger partial charge in [-0.1, -0.05) is 39.4 Å². The minimum Gasteiger partial charge on any atom is -0.504 e. The quantitative estimate of drug-likeness (QED) is 0.466. The Hall–Kier alpha value is -3.37. The zero-order chi connectivity index (χ0) is 25.3. The fourth-order valence-electron chi connectivity index (χ4n) is 3.87. The summed E-state index contributed by atoms with van der Waals surface area (Å²) in [6.45, 7) is 3.67. The van der Waals surface area contributed by atoms with Crippen LogP contribution in [0.5, 0.6) is 17.2 Å². The Labute approximate surface area is 213 Å². The molecule has 182 valence electrons. The highest BCUT2D eigenvalue weighted by molar-refractivity contribution is 9.10. The second-order valence-corrected chi connectivity index (χ2v) is 9.48. The lowest BCUT2D eigenvalue weighted by atomic mass is 9.96. The summed E-state index contributed by atoms with van der Waals surface area (Å²) in [7, 11) is 3.03. The number of phenolic OH excluding ortho intramolecular Hbond substituents is 1. The van der Waals surface area contributed by atoms with Gasteiger partial charge in [-0.2, -0.15) is 0 Å². The molecule has 1 N–H and O–H groups in total. The van der Waals surface area contributed by atoms with Crippen molar-refractivity contribution in [2.24, 2.45) is 4.99 Å². The number of esters is 1. The molecule has 1 unspecified atom stereocenters. The van der Waals surface area contributed by atoms with Crippen LogP contribution >= 0.6 is 27.3 Å². The summed E-state index contributed by atoms with van der Waals surface area (Å²) in [6.07, 6.45) is 1.70. The third-order valence-electron chi connectivity index (χ3n) is 5.53. The Balaban J connectivity index is 1.95. The van der Waals surface area contributed by atoms with Crippen molar-refractivity contribution in [1.82, 2.24) is 4.57 Å². The van der Waals surface area contributed by atoms with E-state index in [0.717, 1.165) is 5.56 Å². The molecule has 2 heterocycles. The molecular formula is C25H23BrN2O6S. The van der Waals surface area contributed by atoms with Crippen LogP contribution < -0.4 is 24.4 Å². The van der Waals surface area contributed by atoms with Crippen LogP contribution in [0.1, 0.15) is 31.0 Å². The number of aromatic nitrogens is 1. The molecule has 3 aromatic rings. The van der Waals surface area contributed by atoms with Gasteiger partial charge < -0.3 is 19.3 Å². The van der Waals surface area contributed by atoms with Crippen molar-refractivity contribution in [3.63, 3.8) is 0 Å². The van der Waals surface area contributed by atoms with E-state index in [4.69, 9.17) is 14.2 Å². The molecular weight excluding hydrogens is 536 g/mol. The molecule has 0 saturated heterocycles. The van der Waals surface area contributed by atoms with E-state index in [-0.39, 0.29) is 23.7 Å². The Morgan fingerprint density at radius 3 is 2.57 bits per heavy atom. The van der Waals surface area contributed by atoms with Crippen molar-refractivity contribution in [3.8, 4) is 17.2 Å². The molecule has 0 radical (unpaired) electrons. The normalized spacial score (nSPS) is 15.5. The Bertz CT molecular complexity index is 1500. The fourth-order valence-corrected chi connectivity index (χ4v) is 5.35. The minimum absolute atomic E-state index is 0.0211. The van der Waals surface area contributed by atoms with E-state index in [1.807, 2.05) is 12.1 Å². The summed E-state index contributed by atoms with van der Waals surface area (Å²) >= 11 is 4.64. The molecule has 1 aliphatic heterocycles. The lowest BCUT2D eigenvalue weighted by Crippen LogP contribution is -2.39. The number of phenols is 1. The number of thiazole rings is 1. The highest BCUT2D eigenvalue weighted by Gasteiger charge is 2.33. The summed E-state index contributed by atoms with van der Waals surface area (Å²) in [4.78, 5) is 31.7. The topological polar surface area (TPSA) is 99.4 Å². The number of methoxy groups -OCH3 is 2. The van der Waals surface area contributed by atoms with Gasteiger partial charge in [0.2, 0.25) is 0 Å². The molecule has 0 spiro atoms. The van der Waals surface area contributed by atoms with Gasteiger partial charge in [0.05, 0.1) is 42.7 Å². The first-order valence-electron chi connectivity index (χ1n) is 10.7. The molecule has 35 heavy (non-hydrogen) atoms. The maximum atomic E-state index is 13.7. The fraction of sp³-hybridized carbons (Fsp3) is 0.240. The number of carbonyl (C=O) groups excluding carboxylic acids is 1. The van der Waals surface area contributed by atoms with Crippen LogP contribution in [0.4, 0.5) is 0 Å². The number of carbonyl (C=O) groups is 1. The monoisotopic (exact) mass is 558 g/mol. The van der Waals surface area contributed by atoms with Crippen molar-refractivity contribution < 1.29 is 24.1 Å². The van der Waals surface area contributed by atoms with Crippen LogP contribution in [0.15, 0.2) is 61.9 Å². The summed E-state index contributed by atoms with van der Waals surface area (Å²) < 4.78 is 18.3. The highest BCUT2D eigenvalue weighted by Crippen LogP contribution is 2.33. The molecule has 0 aliphatic carbocycles. The summed E-state index contributed by atoms with van der Waals surface area (Å²) in [5.74, 6) is 0.400. The minimum atomic E-state index is -0.712. The Morgan fingerprint density at radius 2 is 1.94 bits per heavy atom. The SMILES string of the molecule is CCOC(=O)C1=C(C)N=c2s/c(=C\c3cc(OC)c(O)cc3Br)c(=O)n2C1c1ccc(OC)cc1. The zero-order valence-electron chi connectivity index (χ0n) is 19.5. The molecule has 0 amide bonds. The van der Waals surface area contributed by atoms with Gasteiger partial charge in [-0.25, -0.2) is 9.79 Å². The van der Waals surface area contributed by atoms with Gasteiger partial charge in [0.25, 0.3) is 5.56 Å². The smallest absolute Gasteiger partial charge is 0.338 e. The van der Waals surface area contributed by atoms with E-state index in [1.54, 1.807) is 45.2 Å². The molecule has 1 aliphatic rings. The highest BCUT2D eigenvalue weighted by atomic mass is 79.9. The zero-order valence-corrected chi connectivity index (χ0v) is 21.9. The van der Waals surface area contributed by atoms with Gasteiger partial charge in [-0.05, 0) is 55.3 Å². The van der Waals surface area contributed by atoms with Crippen molar-refractivity contribution in [3.05, 3.63) is 83.0 Å². The lowest BCUT2D eigenvalue weighted by Gasteiger charge is -2.24. The molecule has 1 aromatic heterocycles. The standard InChI is InChI=1S/C25H23BrN2O6S/c1-5-34-24(31)21-13(2)27-25-28(22(21)14-6-8-16(32-3)9-7-14)23(30)20(35-25)11-15-10-19(33-4)18(29)12-17(15)26/h6-12,22,29H,5H2,1-4H3/b20-11-. The largest absolute Gasteiger partial charge is 0.504 e. The van der Waals surface area contributed by atoms with E-state index >= 15 is 0 Å². The molecule has 0 bridgehead atoms. The number of hydrogen-bond donors (Lipinski definition) is 1. The predicted octanol–water partition coefficient (Wildman–Crippen LogP) is 3.28. The third kappa shape index (κ3) is 4.63. The number of hydrogen-bond acceptors (Lipinski definition) is 8. The molecule has 10 heteroatoms. The van der Waals surface area contributed by atoms with Crippen LogP contribution in [0.2, 0.25) is 0 Å². The second kappa shape index (κ2) is 10.1. The Morgan fingerprint density at radius 1 is 1.23 bits per heavy atom. The van der Waals surface area contributed by atoms with Crippen molar-refractivity contribution in [1.29, 1.82) is 0 Å². The van der Waals surface area contributed by atoms with Crippen LogP contribution in [-0.4, -0.2) is 36.5 Å². The molecule has 0 saturated carbocycles. The van der Waals surface area contributed by atoms with Crippen molar-refractivity contribution >= 4 is 39.3 Å². The number of aromatic hydroxyl groups is 1. The maximum absolute atomic E-state index is 13.7. The number of benzene rings is 2. The van der Waals surface area contributed by atoms with Gasteiger partial charge in [0, 0.05) is 4.47 Å². The van der Waals surface area contributed by atoms with E-state index < -0.39 is 12.0 Å². The van der Waals surface area contributed by atoms with E-state index in [2.05, 4.69) is 20.9 Å². The average Bonchev–Trinajstić information content (AvgIpc) is 3.14. The first-order valence-corrected chi connectivity index (χ1v) is 12.3. The maximum Gasteiger partial charge on any atom is 0.338 e. The lowest BCUT2D eigenvalue weighted by molar-refractivity contribution is -0.139. The number of rotatable bonds is 6. The molecule has 2 aromatic carbocycles. The first-order chi connectivity index (χ1) is 16.8. The first kappa shape index (κ1) is 24.7. The predicted molar refractivity (Wildman–Crippen MR) is 136 cm³/mol. The molecule has 0 fully saturated rings. The summed E-state index contributed by atoms with van der Waals surface area (Å²) in [5, 5.41) is 10.0. The van der Waals surface area contributed by atoms with Gasteiger partial charge in [-0.3, -0.25) is 9.36 Å². The van der Waals surface area contributed by atoms with Crippen LogP contribution in [0, 0.1) is 0 Å². The van der Waals surface area contributed by atoms with Gasteiger partial charge in [0.1, 0.15) is 5.75 Å². The van der Waals surface area contributed by atoms with Crippen molar-refractivity contribution in [2.75, 3.05) is 20.8 Å². The van der Waals surface area contributed by atoms with Crippen molar-refractivity contribution in [2.45, 2.75) is 19.9 Å². The number of nitrogens with zero attached hydrogens (tertiary/aromatic N) is 2. The van der Waals surface area contributed by atoms with Crippen LogP contribution in [0.3, 0.4) is 0 Å². The molecule has 4 rings (SSSR count). The number of halogens is 1. The number of ether oxygens (including phenoxy) is 3. The molecule has 8 nitrogen and oxygen atoms in total. The van der Waals surface area contributed by atoms with E-state index in [0.29, 0.717) is 36.4 Å². The molecule has 1 atom stereocenters. The van der Waals surface area contributed by atoms with Gasteiger partial charge in [-0.15, -0.1) is 0 Å². The number of fused-ring (bicyclic) bond motifs is 1. The van der Waals surface area contributed by atoms with Gasteiger partial charge >= 0.3 is 5.97 Å². The summed E-state index contributed by atoms with van der Waals surface area (Å²) in [5.41, 5.74) is 1.87. The van der Waals surface area contributed by atoms with Crippen LogP contribution in [0.25, 0.3) is 6.08 Å². The third-order valence-corrected chi connectivity index (χ3v) is 7.20. The Kier molecular flexibility index (Phi) is 7.13.